The third kappa shape index (κ3) is 2.99. The predicted molar refractivity (Wildman–Crippen MR) is 87.7 cm³/mol. The highest BCUT2D eigenvalue weighted by Gasteiger charge is 2.25. The Morgan fingerprint density at radius 3 is 2.85 bits per heavy atom. The minimum absolute atomic E-state index is 0.597. The van der Waals surface area contributed by atoms with Crippen LogP contribution in [0.25, 0.3) is 0 Å². The van der Waals surface area contributed by atoms with E-state index < -0.39 is 0 Å². The first-order valence-corrected chi connectivity index (χ1v) is 8.25. The van der Waals surface area contributed by atoms with Gasteiger partial charge in [-0.05, 0) is 24.0 Å². The van der Waals surface area contributed by atoms with Crippen molar-refractivity contribution in [2.45, 2.75) is 13.0 Å². The van der Waals surface area contributed by atoms with Crippen molar-refractivity contribution in [1.29, 1.82) is 0 Å². The van der Waals surface area contributed by atoms with Crippen LogP contribution < -0.4 is 4.90 Å². The zero-order valence-corrected chi connectivity index (χ0v) is 13.4. The van der Waals surface area contributed by atoms with Crippen LogP contribution in [0.15, 0.2) is 42.6 Å². The van der Waals surface area contributed by atoms with E-state index >= 15 is 0 Å². The van der Waals surface area contributed by atoms with Crippen LogP contribution >= 0.6 is 27.5 Å². The number of fused-ring (bicyclic) bond motifs is 1. The van der Waals surface area contributed by atoms with Crippen molar-refractivity contribution >= 4 is 33.2 Å². The van der Waals surface area contributed by atoms with E-state index in [2.05, 4.69) is 50.1 Å². The van der Waals surface area contributed by atoms with E-state index in [4.69, 9.17) is 11.6 Å². The van der Waals surface area contributed by atoms with Crippen molar-refractivity contribution < 1.29 is 0 Å². The summed E-state index contributed by atoms with van der Waals surface area (Å²) in [6, 6.07) is 12.6. The molecule has 20 heavy (non-hydrogen) atoms. The Labute approximate surface area is 132 Å². The van der Waals surface area contributed by atoms with Crippen LogP contribution in [-0.2, 0) is 13.0 Å². The van der Waals surface area contributed by atoms with Gasteiger partial charge in [-0.25, -0.2) is 0 Å². The molecule has 0 spiro atoms. The van der Waals surface area contributed by atoms with Crippen molar-refractivity contribution in [3.8, 4) is 0 Å². The molecule has 104 valence electrons. The maximum absolute atomic E-state index is 6.12. The topological polar surface area (TPSA) is 16.1 Å². The van der Waals surface area contributed by atoms with Crippen LogP contribution in [0.2, 0.25) is 5.02 Å². The van der Waals surface area contributed by atoms with Gasteiger partial charge in [0.1, 0.15) is 0 Å². The zero-order chi connectivity index (χ0) is 13.9. The molecular weight excluding hydrogens is 336 g/mol. The first kappa shape index (κ1) is 13.9. The van der Waals surface area contributed by atoms with Gasteiger partial charge in [-0.2, -0.15) is 0 Å². The second kappa shape index (κ2) is 6.15. The van der Waals surface area contributed by atoms with Gasteiger partial charge in [0.15, 0.2) is 0 Å². The molecular formula is C16H16BrClN2. The van der Waals surface area contributed by atoms with Crippen LogP contribution in [0, 0.1) is 5.92 Å². The number of anilines is 1. The molecule has 1 aromatic carbocycles. The van der Waals surface area contributed by atoms with Gasteiger partial charge in [0.05, 0.1) is 16.4 Å². The lowest BCUT2D eigenvalue weighted by molar-refractivity contribution is 0.532. The summed E-state index contributed by atoms with van der Waals surface area (Å²) < 4.78 is 0. The van der Waals surface area contributed by atoms with Crippen LogP contribution in [0.3, 0.4) is 0 Å². The highest BCUT2D eigenvalue weighted by molar-refractivity contribution is 9.09. The Bertz CT molecular complexity index is 588. The Morgan fingerprint density at radius 1 is 1.30 bits per heavy atom. The Hall–Kier alpha value is -1.06. The summed E-state index contributed by atoms with van der Waals surface area (Å²) in [4.78, 5) is 6.90. The van der Waals surface area contributed by atoms with E-state index in [1.54, 1.807) is 6.20 Å². The van der Waals surface area contributed by atoms with Gasteiger partial charge in [-0.15, -0.1) is 0 Å². The number of rotatable bonds is 3. The van der Waals surface area contributed by atoms with Gasteiger partial charge in [0, 0.05) is 24.6 Å². The first-order chi connectivity index (χ1) is 9.76. The summed E-state index contributed by atoms with van der Waals surface area (Å²) in [7, 11) is 0. The van der Waals surface area contributed by atoms with Gasteiger partial charge in [-0.1, -0.05) is 57.9 Å². The highest BCUT2D eigenvalue weighted by atomic mass is 79.9. The molecule has 4 heteroatoms. The van der Waals surface area contributed by atoms with Crippen LogP contribution in [0.1, 0.15) is 11.3 Å². The van der Waals surface area contributed by atoms with E-state index in [9.17, 15) is 0 Å². The summed E-state index contributed by atoms with van der Waals surface area (Å²) in [6.07, 6.45) is 2.76. The molecule has 1 aliphatic heterocycles. The first-order valence-electron chi connectivity index (χ1n) is 6.75. The Balaban J connectivity index is 1.91. The number of alkyl halides is 1. The molecule has 1 atom stereocenters. The number of pyridine rings is 1. The third-order valence-electron chi connectivity index (χ3n) is 3.65. The highest BCUT2D eigenvalue weighted by Crippen LogP contribution is 2.32. The van der Waals surface area contributed by atoms with Crippen molar-refractivity contribution in [2.24, 2.45) is 5.92 Å². The lowest BCUT2D eigenvalue weighted by Gasteiger charge is -2.35. The molecule has 0 N–H and O–H groups in total. The molecule has 0 bridgehead atoms. The quantitative estimate of drug-likeness (QED) is 0.766. The van der Waals surface area contributed by atoms with Crippen molar-refractivity contribution in [3.05, 3.63) is 58.9 Å². The number of hydrogen-bond donors (Lipinski definition) is 0. The lowest BCUT2D eigenvalue weighted by atomic mass is 9.97. The van der Waals surface area contributed by atoms with E-state index in [0.29, 0.717) is 10.9 Å². The number of benzene rings is 1. The summed E-state index contributed by atoms with van der Waals surface area (Å²) in [5.41, 5.74) is 3.65. The summed E-state index contributed by atoms with van der Waals surface area (Å²) in [5, 5.41) is 1.71. The van der Waals surface area contributed by atoms with Gasteiger partial charge >= 0.3 is 0 Å². The fraction of sp³-hybridized carbons (Fsp3) is 0.312. The van der Waals surface area contributed by atoms with Gasteiger partial charge < -0.3 is 4.90 Å². The van der Waals surface area contributed by atoms with Crippen LogP contribution in [-0.4, -0.2) is 16.9 Å². The van der Waals surface area contributed by atoms with E-state index in [-0.39, 0.29) is 0 Å². The number of halogens is 2. The largest absolute Gasteiger partial charge is 0.365 e. The SMILES string of the molecule is Clc1cnc2c(c1)N(Cc1ccccc1)C[C@@H](CBr)C2. The lowest BCUT2D eigenvalue weighted by Crippen LogP contribution is -2.36. The molecule has 0 unspecified atom stereocenters. The normalized spacial score (nSPS) is 17.9. The van der Waals surface area contributed by atoms with E-state index in [1.807, 2.05) is 12.1 Å². The molecule has 1 aliphatic rings. The molecule has 0 saturated heterocycles. The molecule has 1 aromatic heterocycles. The molecule has 2 heterocycles. The fourth-order valence-corrected chi connectivity index (χ4v) is 3.28. The van der Waals surface area contributed by atoms with E-state index in [1.165, 1.54) is 11.3 Å². The Kier molecular flexibility index (Phi) is 4.27. The number of hydrogen-bond acceptors (Lipinski definition) is 2. The standard InChI is InChI=1S/C16H16BrClN2/c17-8-13-6-15-16(7-14(18)9-19-15)20(11-13)10-12-4-2-1-3-5-12/h1-5,7,9,13H,6,8,10-11H2/t13-/m1/s1. The van der Waals surface area contributed by atoms with Crippen molar-refractivity contribution in [3.63, 3.8) is 0 Å². The average molecular weight is 352 g/mol. The van der Waals surface area contributed by atoms with Crippen molar-refractivity contribution in [1.82, 2.24) is 4.98 Å². The van der Waals surface area contributed by atoms with Gasteiger partial charge in [0.25, 0.3) is 0 Å². The third-order valence-corrected chi connectivity index (χ3v) is 4.77. The molecule has 3 rings (SSSR count). The zero-order valence-electron chi connectivity index (χ0n) is 11.1. The summed E-state index contributed by atoms with van der Waals surface area (Å²) in [6.45, 7) is 1.94. The molecule has 0 aliphatic carbocycles. The molecule has 2 nitrogen and oxygen atoms in total. The summed E-state index contributed by atoms with van der Waals surface area (Å²) >= 11 is 9.73. The molecule has 0 saturated carbocycles. The predicted octanol–water partition coefficient (Wildman–Crippen LogP) is 4.31. The van der Waals surface area contributed by atoms with Gasteiger partial charge in [-0.3, -0.25) is 4.98 Å². The van der Waals surface area contributed by atoms with Crippen LogP contribution in [0.4, 0.5) is 5.69 Å². The second-order valence-corrected chi connectivity index (χ2v) is 6.29. The Morgan fingerprint density at radius 2 is 2.10 bits per heavy atom. The smallest absolute Gasteiger partial charge is 0.0641 e. The van der Waals surface area contributed by atoms with Crippen molar-refractivity contribution in [2.75, 3.05) is 16.8 Å². The minimum atomic E-state index is 0.597. The fourth-order valence-electron chi connectivity index (χ4n) is 2.69. The summed E-state index contributed by atoms with van der Waals surface area (Å²) in [5.74, 6) is 0.597. The van der Waals surface area contributed by atoms with Crippen LogP contribution in [0.5, 0.6) is 0 Å². The maximum atomic E-state index is 6.12. The molecule has 0 fully saturated rings. The monoisotopic (exact) mass is 350 g/mol. The van der Waals surface area contributed by atoms with Gasteiger partial charge in [0.2, 0.25) is 0 Å². The van der Waals surface area contributed by atoms with E-state index in [0.717, 1.165) is 30.5 Å². The molecule has 0 amide bonds. The maximum Gasteiger partial charge on any atom is 0.0641 e. The number of nitrogens with zero attached hydrogens (tertiary/aromatic N) is 2. The average Bonchev–Trinajstić information content (AvgIpc) is 2.48. The minimum Gasteiger partial charge on any atom is -0.365 e. The molecule has 0 radical (unpaired) electrons. The number of aromatic nitrogens is 1. The second-order valence-electron chi connectivity index (χ2n) is 5.21. The molecule has 2 aromatic rings.